The lowest BCUT2D eigenvalue weighted by molar-refractivity contribution is 0.0767. The zero-order chi connectivity index (χ0) is 15.9. The molecule has 21 heavy (non-hydrogen) atoms. The third kappa shape index (κ3) is 6.87. The number of carbonyl (C=O) groups excluding carboxylic acids is 1. The maximum absolute atomic E-state index is 12.1. The van der Waals surface area contributed by atoms with Crippen LogP contribution >= 0.6 is 0 Å². The smallest absolute Gasteiger partial charge is 0.176 e. The Morgan fingerprint density at radius 1 is 1.19 bits per heavy atom. The highest BCUT2D eigenvalue weighted by Crippen LogP contribution is 2.22. The summed E-state index contributed by atoms with van der Waals surface area (Å²) in [7, 11) is 0. The van der Waals surface area contributed by atoms with Crippen LogP contribution in [0.25, 0.3) is 0 Å². The van der Waals surface area contributed by atoms with Crippen LogP contribution < -0.4 is 5.32 Å². The fraction of sp³-hybridized carbons (Fsp3) is 0.611. The van der Waals surface area contributed by atoms with Gasteiger partial charge in [0.2, 0.25) is 0 Å². The van der Waals surface area contributed by atoms with E-state index in [1.807, 2.05) is 38.1 Å². The SMILES string of the molecule is CC(C)OCCCNCC(=O)c1ccc(C(C)(C)C)cc1. The molecule has 0 aliphatic rings. The highest BCUT2D eigenvalue weighted by atomic mass is 16.5. The summed E-state index contributed by atoms with van der Waals surface area (Å²) in [5.41, 5.74) is 2.14. The van der Waals surface area contributed by atoms with Crippen molar-refractivity contribution in [3.63, 3.8) is 0 Å². The van der Waals surface area contributed by atoms with Crippen LogP contribution in [0.2, 0.25) is 0 Å². The fourth-order valence-corrected chi connectivity index (χ4v) is 1.98. The molecule has 0 aliphatic heterocycles. The Kier molecular flexibility index (Phi) is 7.06. The molecule has 1 rings (SSSR count). The maximum atomic E-state index is 12.1. The summed E-state index contributed by atoms with van der Waals surface area (Å²) < 4.78 is 5.45. The lowest BCUT2D eigenvalue weighted by Crippen LogP contribution is -2.25. The minimum absolute atomic E-state index is 0.121. The number of hydrogen-bond donors (Lipinski definition) is 1. The molecule has 0 spiro atoms. The van der Waals surface area contributed by atoms with Gasteiger partial charge >= 0.3 is 0 Å². The van der Waals surface area contributed by atoms with Gasteiger partial charge in [0.05, 0.1) is 12.6 Å². The van der Waals surface area contributed by atoms with Crippen molar-refractivity contribution in [2.24, 2.45) is 0 Å². The lowest BCUT2D eigenvalue weighted by atomic mass is 9.86. The van der Waals surface area contributed by atoms with E-state index in [9.17, 15) is 4.79 Å². The predicted octanol–water partition coefficient (Wildman–Crippen LogP) is 3.57. The molecular weight excluding hydrogens is 262 g/mol. The third-order valence-corrected chi connectivity index (χ3v) is 3.31. The summed E-state index contributed by atoms with van der Waals surface area (Å²) in [6.45, 7) is 12.5. The van der Waals surface area contributed by atoms with Gasteiger partial charge in [-0.3, -0.25) is 4.79 Å². The van der Waals surface area contributed by atoms with Gasteiger partial charge in [-0.1, -0.05) is 45.0 Å². The minimum atomic E-state index is 0.121. The van der Waals surface area contributed by atoms with Crippen LogP contribution in [0.15, 0.2) is 24.3 Å². The Labute approximate surface area is 129 Å². The molecule has 0 unspecified atom stereocenters. The summed E-state index contributed by atoms with van der Waals surface area (Å²) in [5.74, 6) is 0.139. The van der Waals surface area contributed by atoms with E-state index in [4.69, 9.17) is 4.74 Å². The van der Waals surface area contributed by atoms with Crippen molar-refractivity contribution in [3.05, 3.63) is 35.4 Å². The molecule has 0 heterocycles. The van der Waals surface area contributed by atoms with E-state index in [-0.39, 0.29) is 17.3 Å². The lowest BCUT2D eigenvalue weighted by Gasteiger charge is -2.19. The van der Waals surface area contributed by atoms with E-state index in [0.29, 0.717) is 6.54 Å². The molecule has 0 saturated heterocycles. The summed E-state index contributed by atoms with van der Waals surface area (Å²) in [6, 6.07) is 7.94. The summed E-state index contributed by atoms with van der Waals surface area (Å²) in [5, 5.41) is 3.17. The van der Waals surface area contributed by atoms with Gasteiger partial charge in [-0.2, -0.15) is 0 Å². The van der Waals surface area contributed by atoms with E-state index in [0.717, 1.165) is 25.1 Å². The molecule has 3 heteroatoms. The molecule has 0 fully saturated rings. The van der Waals surface area contributed by atoms with Gasteiger partial charge in [0.15, 0.2) is 5.78 Å². The topological polar surface area (TPSA) is 38.3 Å². The molecule has 0 amide bonds. The Morgan fingerprint density at radius 3 is 2.33 bits per heavy atom. The Hall–Kier alpha value is -1.19. The third-order valence-electron chi connectivity index (χ3n) is 3.31. The highest BCUT2D eigenvalue weighted by Gasteiger charge is 2.14. The van der Waals surface area contributed by atoms with Gasteiger partial charge in [0, 0.05) is 12.2 Å². The summed E-state index contributed by atoms with van der Waals surface area (Å²) >= 11 is 0. The first kappa shape index (κ1) is 17.9. The van der Waals surface area contributed by atoms with Crippen LogP contribution in [-0.2, 0) is 10.2 Å². The molecule has 0 bridgehead atoms. The quantitative estimate of drug-likeness (QED) is 0.588. The Morgan fingerprint density at radius 2 is 1.81 bits per heavy atom. The van der Waals surface area contributed by atoms with E-state index in [1.165, 1.54) is 5.56 Å². The van der Waals surface area contributed by atoms with E-state index in [1.54, 1.807) is 0 Å². The molecule has 0 radical (unpaired) electrons. The molecule has 1 N–H and O–H groups in total. The van der Waals surface area contributed by atoms with Crippen molar-refractivity contribution in [3.8, 4) is 0 Å². The van der Waals surface area contributed by atoms with Crippen molar-refractivity contribution < 1.29 is 9.53 Å². The number of benzene rings is 1. The van der Waals surface area contributed by atoms with E-state index >= 15 is 0 Å². The van der Waals surface area contributed by atoms with Crippen molar-refractivity contribution >= 4 is 5.78 Å². The number of ether oxygens (including phenoxy) is 1. The minimum Gasteiger partial charge on any atom is -0.379 e. The predicted molar refractivity (Wildman–Crippen MR) is 88.0 cm³/mol. The van der Waals surface area contributed by atoms with Gasteiger partial charge in [-0.25, -0.2) is 0 Å². The monoisotopic (exact) mass is 291 g/mol. The fourth-order valence-electron chi connectivity index (χ4n) is 1.98. The average Bonchev–Trinajstić information content (AvgIpc) is 2.41. The van der Waals surface area contributed by atoms with Gasteiger partial charge < -0.3 is 10.1 Å². The first-order valence-corrected chi connectivity index (χ1v) is 7.77. The number of nitrogens with one attached hydrogen (secondary N) is 1. The van der Waals surface area contributed by atoms with E-state index in [2.05, 4.69) is 26.1 Å². The Bertz CT molecular complexity index is 430. The Balaban J connectivity index is 2.32. The van der Waals surface area contributed by atoms with Crippen LogP contribution in [0.5, 0.6) is 0 Å². The molecule has 1 aromatic rings. The zero-order valence-corrected chi connectivity index (χ0v) is 14.0. The number of carbonyl (C=O) groups is 1. The molecule has 0 aromatic heterocycles. The summed E-state index contributed by atoms with van der Waals surface area (Å²) in [4.78, 5) is 12.1. The number of hydrogen-bond acceptors (Lipinski definition) is 3. The van der Waals surface area contributed by atoms with Crippen LogP contribution in [0.3, 0.4) is 0 Å². The molecule has 3 nitrogen and oxygen atoms in total. The maximum Gasteiger partial charge on any atom is 0.176 e. The second kappa shape index (κ2) is 8.30. The van der Waals surface area contributed by atoms with Crippen LogP contribution in [0.1, 0.15) is 57.0 Å². The largest absolute Gasteiger partial charge is 0.379 e. The molecule has 0 atom stereocenters. The van der Waals surface area contributed by atoms with Crippen molar-refractivity contribution in [2.45, 2.75) is 52.6 Å². The molecule has 0 aliphatic carbocycles. The van der Waals surface area contributed by atoms with Crippen molar-refractivity contribution in [1.29, 1.82) is 0 Å². The van der Waals surface area contributed by atoms with Gasteiger partial charge in [-0.15, -0.1) is 0 Å². The van der Waals surface area contributed by atoms with Crippen molar-refractivity contribution in [2.75, 3.05) is 19.7 Å². The summed E-state index contributed by atoms with van der Waals surface area (Å²) in [6.07, 6.45) is 1.20. The average molecular weight is 291 g/mol. The molecule has 1 aromatic carbocycles. The van der Waals surface area contributed by atoms with Gasteiger partial charge in [0.1, 0.15) is 0 Å². The first-order chi connectivity index (χ1) is 9.80. The second-order valence-corrected chi connectivity index (χ2v) is 6.70. The molecular formula is C18H29NO2. The number of ketones is 1. The highest BCUT2D eigenvalue weighted by molar-refractivity contribution is 5.97. The van der Waals surface area contributed by atoms with Crippen molar-refractivity contribution in [1.82, 2.24) is 5.32 Å². The first-order valence-electron chi connectivity index (χ1n) is 7.77. The van der Waals surface area contributed by atoms with Crippen LogP contribution in [0.4, 0.5) is 0 Å². The zero-order valence-electron chi connectivity index (χ0n) is 14.0. The normalized spacial score (nSPS) is 11.9. The van der Waals surface area contributed by atoms with Gasteiger partial charge in [0.25, 0.3) is 0 Å². The number of Topliss-reactive ketones (excluding diaryl/α,β-unsaturated/α-hetero) is 1. The van der Waals surface area contributed by atoms with Crippen LogP contribution in [-0.4, -0.2) is 31.6 Å². The molecule has 118 valence electrons. The van der Waals surface area contributed by atoms with Gasteiger partial charge in [-0.05, 0) is 37.8 Å². The van der Waals surface area contributed by atoms with E-state index < -0.39 is 0 Å². The standard InChI is InChI=1S/C18H29NO2/c1-14(2)21-12-6-11-19-13-17(20)15-7-9-16(10-8-15)18(3,4)5/h7-10,14,19H,6,11-13H2,1-5H3. The molecule has 0 saturated carbocycles. The van der Waals surface area contributed by atoms with Crippen LogP contribution in [0, 0.1) is 0 Å². The second-order valence-electron chi connectivity index (χ2n) is 6.70. The number of rotatable bonds is 8.